The van der Waals surface area contributed by atoms with E-state index < -0.39 is 0 Å². The molecule has 0 saturated carbocycles. The fourth-order valence-electron chi connectivity index (χ4n) is 4.50. The minimum Gasteiger partial charge on any atom is -0.355 e. The Labute approximate surface area is 196 Å². The van der Waals surface area contributed by atoms with Gasteiger partial charge in [0, 0.05) is 39.3 Å². The van der Waals surface area contributed by atoms with E-state index in [1.165, 1.54) is 5.01 Å². The number of rotatable bonds is 3. The number of H-pyrrole nitrogens is 1. The summed E-state index contributed by atoms with van der Waals surface area (Å²) in [7, 11) is 0. The molecular weight excluding hydrogens is 440 g/mol. The lowest BCUT2D eigenvalue weighted by Crippen LogP contribution is -2.26. The number of benzene rings is 2. The molecule has 3 N–H and O–H groups in total. The summed E-state index contributed by atoms with van der Waals surface area (Å²) < 4.78 is 0. The van der Waals surface area contributed by atoms with E-state index in [0.717, 1.165) is 65.0 Å². The number of aromatic amines is 1. The number of amides is 1. The number of anilines is 1. The molecule has 1 saturated heterocycles. The third-order valence-corrected chi connectivity index (χ3v) is 7.17. The molecule has 2 aliphatic rings. The first kappa shape index (κ1) is 20.9. The van der Waals surface area contributed by atoms with Gasteiger partial charge in [0.2, 0.25) is 0 Å². The van der Waals surface area contributed by atoms with Gasteiger partial charge < -0.3 is 15.6 Å². The summed E-state index contributed by atoms with van der Waals surface area (Å²) >= 11 is 1.75. The second kappa shape index (κ2) is 8.54. The molecule has 6 rings (SSSR count). The molecule has 4 heterocycles. The Hall–Kier alpha value is -2.93. The predicted molar refractivity (Wildman–Crippen MR) is 134 cm³/mol. The lowest BCUT2D eigenvalue weighted by Gasteiger charge is -2.20. The summed E-state index contributed by atoms with van der Waals surface area (Å²) in [5.41, 5.74) is 6.49. The number of thiazole rings is 1. The summed E-state index contributed by atoms with van der Waals surface area (Å²) in [6.07, 6.45) is 4.23. The third kappa shape index (κ3) is 3.75. The molecule has 0 spiro atoms. The summed E-state index contributed by atoms with van der Waals surface area (Å²) in [5.74, 6) is 0.481. The van der Waals surface area contributed by atoms with Gasteiger partial charge in [0.1, 0.15) is 0 Å². The summed E-state index contributed by atoms with van der Waals surface area (Å²) in [6.45, 7) is 2.13. The normalized spacial score (nSPS) is 17.4. The van der Waals surface area contributed by atoms with Gasteiger partial charge in [0.05, 0.1) is 16.3 Å². The molecule has 32 heavy (non-hydrogen) atoms. The molecule has 2 aromatic heterocycles. The van der Waals surface area contributed by atoms with Gasteiger partial charge in [-0.05, 0) is 61.7 Å². The average Bonchev–Trinajstić information content (AvgIpc) is 3.52. The maximum Gasteiger partial charge on any atom is 0.256 e. The first-order valence-corrected chi connectivity index (χ1v) is 11.5. The first-order chi connectivity index (χ1) is 15.2. The number of fused-ring (bicyclic) bond motifs is 2. The van der Waals surface area contributed by atoms with Crippen molar-refractivity contribution in [3.05, 3.63) is 70.2 Å². The highest BCUT2D eigenvalue weighted by molar-refractivity contribution is 7.10. The van der Waals surface area contributed by atoms with Crippen LogP contribution >= 0.6 is 23.7 Å². The molecule has 0 radical (unpaired) electrons. The van der Waals surface area contributed by atoms with Gasteiger partial charge in [-0.25, -0.2) is 4.98 Å². The topological polar surface area (TPSA) is 69.8 Å². The van der Waals surface area contributed by atoms with Crippen molar-refractivity contribution in [3.8, 4) is 11.3 Å². The zero-order valence-corrected chi connectivity index (χ0v) is 19.0. The zero-order valence-electron chi connectivity index (χ0n) is 17.4. The van der Waals surface area contributed by atoms with Gasteiger partial charge >= 0.3 is 0 Å². The molecule has 7 heteroatoms. The fourth-order valence-corrected chi connectivity index (χ4v) is 5.50. The molecule has 4 aromatic rings. The van der Waals surface area contributed by atoms with Crippen LogP contribution in [0.25, 0.3) is 33.8 Å². The molecule has 0 bridgehead atoms. The molecule has 0 unspecified atom stereocenters. The van der Waals surface area contributed by atoms with Crippen LogP contribution in [0.1, 0.15) is 35.0 Å². The van der Waals surface area contributed by atoms with Crippen LogP contribution in [0, 0.1) is 0 Å². The Balaban J connectivity index is 0.00000216. The van der Waals surface area contributed by atoms with Crippen molar-refractivity contribution in [1.82, 2.24) is 15.3 Å². The van der Waals surface area contributed by atoms with Gasteiger partial charge in [0.15, 0.2) is 0 Å². The maximum atomic E-state index is 12.7. The molecule has 2 aliphatic heterocycles. The second-order valence-electron chi connectivity index (χ2n) is 8.18. The minimum absolute atomic E-state index is 0. The van der Waals surface area contributed by atoms with E-state index in [0.29, 0.717) is 11.5 Å². The van der Waals surface area contributed by atoms with E-state index >= 15 is 0 Å². The number of nitrogens with zero attached hydrogens (tertiary/aromatic N) is 1. The summed E-state index contributed by atoms with van der Waals surface area (Å²) in [6, 6.07) is 16.3. The van der Waals surface area contributed by atoms with Gasteiger partial charge in [-0.15, -0.1) is 23.7 Å². The Bertz CT molecular complexity index is 1300. The van der Waals surface area contributed by atoms with Crippen molar-refractivity contribution in [2.24, 2.45) is 0 Å². The molecule has 0 aliphatic carbocycles. The Morgan fingerprint density at radius 3 is 2.75 bits per heavy atom. The van der Waals surface area contributed by atoms with E-state index in [1.54, 1.807) is 11.3 Å². The van der Waals surface area contributed by atoms with Crippen LogP contribution in [0.4, 0.5) is 5.69 Å². The fraction of sp³-hybridized carbons (Fsp3) is 0.200. The van der Waals surface area contributed by atoms with Crippen LogP contribution in [0.5, 0.6) is 0 Å². The molecule has 0 atom stereocenters. The van der Waals surface area contributed by atoms with Crippen molar-refractivity contribution >= 4 is 57.9 Å². The van der Waals surface area contributed by atoms with Crippen LogP contribution in [-0.4, -0.2) is 29.0 Å². The van der Waals surface area contributed by atoms with Crippen LogP contribution in [0.15, 0.2) is 53.9 Å². The number of carbonyl (C=O) groups excluding carboxylic acids is 1. The number of hydrogen-bond acceptors (Lipinski definition) is 4. The van der Waals surface area contributed by atoms with Crippen LogP contribution < -0.4 is 10.6 Å². The standard InChI is InChI=1S/C25H22N4OS.ClH/c30-24-20(13-18-11-16-3-1-2-4-21(16)27-18)19-12-17(5-6-22(19)28-24)23-14-31-25(29-23)15-7-9-26-10-8-15;/h1-6,11-15,26-27H,7-10H2,(H,28,30);1H/b20-13-;. The van der Waals surface area contributed by atoms with Crippen LogP contribution in [0.2, 0.25) is 0 Å². The second-order valence-corrected chi connectivity index (χ2v) is 9.07. The highest BCUT2D eigenvalue weighted by atomic mass is 35.5. The maximum absolute atomic E-state index is 12.7. The molecule has 2 aromatic carbocycles. The Morgan fingerprint density at radius 1 is 1.06 bits per heavy atom. The number of halogens is 1. The smallest absolute Gasteiger partial charge is 0.256 e. The number of hydrogen-bond donors (Lipinski definition) is 3. The zero-order chi connectivity index (χ0) is 20.8. The van der Waals surface area contributed by atoms with Crippen molar-refractivity contribution in [2.45, 2.75) is 18.8 Å². The third-order valence-electron chi connectivity index (χ3n) is 6.16. The largest absolute Gasteiger partial charge is 0.355 e. The lowest BCUT2D eigenvalue weighted by atomic mass is 9.99. The number of nitrogens with one attached hydrogen (secondary N) is 3. The molecule has 162 valence electrons. The number of aromatic nitrogens is 2. The van der Waals surface area contributed by atoms with Crippen molar-refractivity contribution in [2.75, 3.05) is 18.4 Å². The molecule has 5 nitrogen and oxygen atoms in total. The molecule has 1 fully saturated rings. The van der Waals surface area contributed by atoms with E-state index in [9.17, 15) is 4.79 Å². The van der Waals surface area contributed by atoms with Gasteiger partial charge in [-0.1, -0.05) is 24.3 Å². The van der Waals surface area contributed by atoms with Gasteiger partial charge in [0.25, 0.3) is 5.91 Å². The van der Waals surface area contributed by atoms with E-state index in [1.807, 2.05) is 36.4 Å². The predicted octanol–water partition coefficient (Wildman–Crippen LogP) is 5.67. The number of carbonyl (C=O) groups is 1. The number of piperidine rings is 1. The van der Waals surface area contributed by atoms with E-state index in [-0.39, 0.29) is 18.3 Å². The van der Waals surface area contributed by atoms with Crippen molar-refractivity contribution in [1.29, 1.82) is 0 Å². The summed E-state index contributed by atoms with van der Waals surface area (Å²) in [4.78, 5) is 21.0. The minimum atomic E-state index is -0.0699. The first-order valence-electron chi connectivity index (χ1n) is 10.7. The quantitative estimate of drug-likeness (QED) is 0.343. The SMILES string of the molecule is Cl.O=C1Nc2ccc(-c3csc(C4CCNCC4)n3)cc2/C1=C/c1cc2ccccc2[nH]1. The Morgan fingerprint density at radius 2 is 1.91 bits per heavy atom. The number of para-hydroxylation sites is 1. The Kier molecular flexibility index (Phi) is 5.59. The van der Waals surface area contributed by atoms with Gasteiger partial charge in [-0.3, -0.25) is 4.79 Å². The molecule has 1 amide bonds. The van der Waals surface area contributed by atoms with E-state index in [4.69, 9.17) is 4.98 Å². The van der Waals surface area contributed by atoms with Crippen LogP contribution in [-0.2, 0) is 4.79 Å². The van der Waals surface area contributed by atoms with Crippen molar-refractivity contribution in [3.63, 3.8) is 0 Å². The average molecular weight is 463 g/mol. The summed E-state index contributed by atoms with van der Waals surface area (Å²) in [5, 5.41) is 10.9. The highest BCUT2D eigenvalue weighted by Gasteiger charge is 2.25. The van der Waals surface area contributed by atoms with Gasteiger partial charge in [-0.2, -0.15) is 0 Å². The lowest BCUT2D eigenvalue weighted by molar-refractivity contribution is -0.110. The van der Waals surface area contributed by atoms with E-state index in [2.05, 4.69) is 39.2 Å². The van der Waals surface area contributed by atoms with Crippen LogP contribution in [0.3, 0.4) is 0 Å². The highest BCUT2D eigenvalue weighted by Crippen LogP contribution is 2.38. The molecular formula is C25H23ClN4OS. The monoisotopic (exact) mass is 462 g/mol. The van der Waals surface area contributed by atoms with Crippen molar-refractivity contribution < 1.29 is 4.79 Å².